The van der Waals surface area contributed by atoms with Crippen molar-refractivity contribution in [3.05, 3.63) is 23.8 Å². The lowest BCUT2D eigenvalue weighted by molar-refractivity contribution is 0.583. The molecular weight excluding hydrogens is 216 g/mol. The molecule has 1 aromatic rings. The molecule has 3 heteroatoms. The van der Waals surface area contributed by atoms with Crippen molar-refractivity contribution in [3.8, 4) is 0 Å². The van der Waals surface area contributed by atoms with Crippen molar-refractivity contribution in [2.24, 2.45) is 0 Å². The van der Waals surface area contributed by atoms with E-state index in [2.05, 4.69) is 46.7 Å². The fraction of sp³-hybridized carbons (Fsp3) is 0.556. The van der Waals surface area contributed by atoms with E-state index in [9.17, 15) is 0 Å². The molecule has 12 heavy (non-hydrogen) atoms. The van der Waals surface area contributed by atoms with Crippen molar-refractivity contribution in [2.45, 2.75) is 31.5 Å². The molecule has 0 aliphatic heterocycles. The number of aromatic nitrogens is 2. The van der Waals surface area contributed by atoms with E-state index in [0.717, 1.165) is 11.2 Å². The minimum Gasteiger partial charge on any atom is -0.240 e. The summed E-state index contributed by atoms with van der Waals surface area (Å²) in [6, 6.07) is 0. The van der Waals surface area contributed by atoms with Gasteiger partial charge in [-0.15, -0.1) is 0 Å². The monoisotopic (exact) mass is 228 g/mol. The molecule has 0 amide bonds. The van der Waals surface area contributed by atoms with Crippen LogP contribution in [0.2, 0.25) is 0 Å². The highest BCUT2D eigenvalue weighted by atomic mass is 79.9. The SMILES string of the molecule is CC(C)(C)c1cnc(CBr)nc1. The number of nitrogens with zero attached hydrogens (tertiary/aromatic N) is 2. The van der Waals surface area contributed by atoms with Gasteiger partial charge in [0.2, 0.25) is 0 Å². The molecule has 0 radical (unpaired) electrons. The van der Waals surface area contributed by atoms with E-state index in [4.69, 9.17) is 0 Å². The van der Waals surface area contributed by atoms with Crippen LogP contribution in [0.4, 0.5) is 0 Å². The van der Waals surface area contributed by atoms with E-state index in [1.807, 2.05) is 12.4 Å². The van der Waals surface area contributed by atoms with Gasteiger partial charge in [0.25, 0.3) is 0 Å². The molecule has 1 heterocycles. The van der Waals surface area contributed by atoms with Crippen molar-refractivity contribution < 1.29 is 0 Å². The number of rotatable bonds is 1. The lowest BCUT2D eigenvalue weighted by Crippen LogP contribution is -2.12. The van der Waals surface area contributed by atoms with Crippen LogP contribution < -0.4 is 0 Å². The maximum absolute atomic E-state index is 4.21. The molecular formula is C9H13BrN2. The minimum atomic E-state index is 0.144. The Morgan fingerprint density at radius 2 is 1.75 bits per heavy atom. The maximum Gasteiger partial charge on any atom is 0.138 e. The second-order valence-corrected chi connectivity index (χ2v) is 4.33. The molecule has 0 bridgehead atoms. The van der Waals surface area contributed by atoms with Crippen molar-refractivity contribution in [2.75, 3.05) is 0 Å². The Morgan fingerprint density at radius 1 is 1.25 bits per heavy atom. The first-order valence-corrected chi connectivity index (χ1v) is 5.03. The molecule has 2 nitrogen and oxygen atoms in total. The Kier molecular flexibility index (Phi) is 2.83. The van der Waals surface area contributed by atoms with Crippen molar-refractivity contribution in [1.82, 2.24) is 9.97 Å². The Hall–Kier alpha value is -0.440. The van der Waals surface area contributed by atoms with Gasteiger partial charge in [0.1, 0.15) is 5.82 Å². The molecule has 1 aromatic heterocycles. The highest BCUT2D eigenvalue weighted by Gasteiger charge is 2.13. The van der Waals surface area contributed by atoms with Crippen LogP contribution in [0.5, 0.6) is 0 Å². The number of alkyl halides is 1. The van der Waals surface area contributed by atoms with Gasteiger partial charge in [-0.25, -0.2) is 9.97 Å². The molecule has 0 N–H and O–H groups in total. The van der Waals surface area contributed by atoms with Gasteiger partial charge in [0.05, 0.1) is 5.33 Å². The summed E-state index contributed by atoms with van der Waals surface area (Å²) in [5, 5.41) is 0.720. The van der Waals surface area contributed by atoms with Crippen LogP contribution in [0.3, 0.4) is 0 Å². The molecule has 0 saturated carbocycles. The van der Waals surface area contributed by atoms with Gasteiger partial charge in [-0.1, -0.05) is 36.7 Å². The second kappa shape index (κ2) is 3.52. The van der Waals surface area contributed by atoms with E-state index in [0.29, 0.717) is 0 Å². The van der Waals surface area contributed by atoms with E-state index in [1.54, 1.807) is 0 Å². The summed E-state index contributed by atoms with van der Waals surface area (Å²) >= 11 is 3.31. The number of halogens is 1. The van der Waals surface area contributed by atoms with Crippen LogP contribution in [-0.4, -0.2) is 9.97 Å². The molecule has 0 unspecified atom stereocenters. The van der Waals surface area contributed by atoms with Gasteiger partial charge in [0.15, 0.2) is 0 Å². The maximum atomic E-state index is 4.21. The Labute approximate surface area is 81.6 Å². The molecule has 0 atom stereocenters. The van der Waals surface area contributed by atoms with Gasteiger partial charge in [-0.05, 0) is 11.0 Å². The van der Waals surface area contributed by atoms with E-state index < -0.39 is 0 Å². The first-order valence-electron chi connectivity index (χ1n) is 3.91. The molecule has 0 aliphatic rings. The topological polar surface area (TPSA) is 25.8 Å². The summed E-state index contributed by atoms with van der Waals surface area (Å²) in [4.78, 5) is 8.41. The molecule has 66 valence electrons. The standard InChI is InChI=1S/C9H13BrN2/c1-9(2,3)7-5-11-8(4-10)12-6-7/h5-6H,4H2,1-3H3. The summed E-state index contributed by atoms with van der Waals surface area (Å²) in [5.74, 6) is 0.836. The van der Waals surface area contributed by atoms with Crippen molar-refractivity contribution in [3.63, 3.8) is 0 Å². The zero-order valence-corrected chi connectivity index (χ0v) is 9.22. The third-order valence-electron chi connectivity index (χ3n) is 1.69. The first kappa shape index (κ1) is 9.65. The molecule has 1 rings (SSSR count). The normalized spacial score (nSPS) is 11.7. The molecule has 0 aromatic carbocycles. The zero-order valence-electron chi connectivity index (χ0n) is 7.63. The summed E-state index contributed by atoms with van der Waals surface area (Å²) in [7, 11) is 0. The molecule has 0 fully saturated rings. The van der Waals surface area contributed by atoms with Crippen LogP contribution in [0.1, 0.15) is 32.2 Å². The predicted octanol–water partition coefficient (Wildman–Crippen LogP) is 2.67. The smallest absolute Gasteiger partial charge is 0.138 e. The average Bonchev–Trinajstić information content (AvgIpc) is 2.03. The van der Waals surface area contributed by atoms with Gasteiger partial charge in [-0.3, -0.25) is 0 Å². The summed E-state index contributed by atoms with van der Waals surface area (Å²) in [5.41, 5.74) is 1.32. The average molecular weight is 229 g/mol. The van der Waals surface area contributed by atoms with Crippen LogP contribution in [0.15, 0.2) is 12.4 Å². The molecule has 0 saturated heterocycles. The van der Waals surface area contributed by atoms with Gasteiger partial charge in [0, 0.05) is 12.4 Å². The largest absolute Gasteiger partial charge is 0.240 e. The number of hydrogen-bond donors (Lipinski definition) is 0. The molecule has 0 aliphatic carbocycles. The van der Waals surface area contributed by atoms with E-state index in [-0.39, 0.29) is 5.41 Å². The zero-order chi connectivity index (χ0) is 9.19. The van der Waals surface area contributed by atoms with E-state index in [1.165, 1.54) is 5.56 Å². The highest BCUT2D eigenvalue weighted by molar-refractivity contribution is 9.08. The first-order chi connectivity index (χ1) is 5.54. The Balaban J connectivity index is 2.93. The minimum absolute atomic E-state index is 0.144. The third kappa shape index (κ3) is 2.27. The second-order valence-electron chi connectivity index (χ2n) is 3.77. The Bertz CT molecular complexity index is 248. The van der Waals surface area contributed by atoms with Crippen LogP contribution in [-0.2, 0) is 10.7 Å². The third-order valence-corrected chi connectivity index (χ3v) is 2.19. The van der Waals surface area contributed by atoms with Gasteiger partial charge < -0.3 is 0 Å². The number of hydrogen-bond acceptors (Lipinski definition) is 2. The highest BCUT2D eigenvalue weighted by Crippen LogP contribution is 2.20. The summed E-state index contributed by atoms with van der Waals surface area (Å²) in [6.07, 6.45) is 3.78. The lowest BCUT2D eigenvalue weighted by atomic mass is 9.89. The summed E-state index contributed by atoms with van der Waals surface area (Å²) in [6.45, 7) is 6.46. The van der Waals surface area contributed by atoms with Crippen LogP contribution in [0, 0.1) is 0 Å². The van der Waals surface area contributed by atoms with Gasteiger partial charge in [-0.2, -0.15) is 0 Å². The van der Waals surface area contributed by atoms with E-state index >= 15 is 0 Å². The fourth-order valence-corrected chi connectivity index (χ4v) is 1.10. The van der Waals surface area contributed by atoms with Gasteiger partial charge >= 0.3 is 0 Å². The van der Waals surface area contributed by atoms with Crippen molar-refractivity contribution in [1.29, 1.82) is 0 Å². The fourth-order valence-electron chi connectivity index (χ4n) is 0.811. The van der Waals surface area contributed by atoms with Crippen LogP contribution >= 0.6 is 15.9 Å². The summed E-state index contributed by atoms with van der Waals surface area (Å²) < 4.78 is 0. The lowest BCUT2D eigenvalue weighted by Gasteiger charge is -2.17. The van der Waals surface area contributed by atoms with Crippen molar-refractivity contribution >= 4 is 15.9 Å². The quantitative estimate of drug-likeness (QED) is 0.692. The Morgan fingerprint density at radius 3 is 2.08 bits per heavy atom. The molecule has 0 spiro atoms. The predicted molar refractivity (Wildman–Crippen MR) is 53.4 cm³/mol. The van der Waals surface area contributed by atoms with Crippen LogP contribution in [0.25, 0.3) is 0 Å².